The molecule has 0 aliphatic carbocycles. The largest absolute Gasteiger partial charge is 0.379 e. The fourth-order valence-electron chi connectivity index (χ4n) is 6.75. The van der Waals surface area contributed by atoms with Gasteiger partial charge in [-0.1, -0.05) is 25.5 Å². The molecular formula is C27H45N7O2. The van der Waals surface area contributed by atoms with Gasteiger partial charge in [0.05, 0.1) is 43.8 Å². The third-order valence-electron chi connectivity index (χ3n) is 8.86. The summed E-state index contributed by atoms with van der Waals surface area (Å²) in [4.78, 5) is 18.7. The number of hydrogen-bond donors (Lipinski definition) is 4. The van der Waals surface area contributed by atoms with Crippen molar-refractivity contribution >= 4 is 5.91 Å². The average molecular weight is 500 g/mol. The van der Waals surface area contributed by atoms with Crippen LogP contribution in [0.2, 0.25) is 0 Å². The zero-order chi connectivity index (χ0) is 25.5. The van der Waals surface area contributed by atoms with Crippen molar-refractivity contribution in [3.63, 3.8) is 0 Å². The van der Waals surface area contributed by atoms with Crippen molar-refractivity contribution in [1.82, 2.24) is 20.4 Å². The number of morpholine rings is 1. The molecule has 9 heteroatoms. The minimum absolute atomic E-state index is 0.00260. The molecule has 3 fully saturated rings. The number of fused-ring (bicyclic) bond motifs is 3. The van der Waals surface area contributed by atoms with Crippen molar-refractivity contribution < 1.29 is 9.53 Å². The number of rotatable bonds is 7. The molecule has 4 rings (SSSR count). The van der Waals surface area contributed by atoms with Crippen molar-refractivity contribution in [2.45, 2.75) is 76.2 Å². The van der Waals surface area contributed by atoms with Crippen LogP contribution in [-0.4, -0.2) is 85.9 Å². The molecule has 3 saturated heterocycles. The molecule has 0 spiro atoms. The lowest BCUT2D eigenvalue weighted by atomic mass is 9.71. The number of carbonyl (C=O) groups excluding carboxylic acids is 1. The van der Waals surface area contributed by atoms with Gasteiger partial charge in [0.25, 0.3) is 0 Å². The second-order valence-corrected chi connectivity index (χ2v) is 11.0. The Balaban J connectivity index is 1.60. The predicted molar refractivity (Wildman–Crippen MR) is 140 cm³/mol. The molecule has 4 heterocycles. The Bertz CT molecular complexity index is 848. The van der Waals surface area contributed by atoms with Crippen LogP contribution >= 0.6 is 0 Å². The SMILES string of the molecule is CCC12CC=CC(CC#N)=CN(CCC1)C(C(C(=O)NC1CNCCC1N1CCOCC1)C(N)N)C2. The molecule has 5 atom stereocenters. The second kappa shape index (κ2) is 12.5. The van der Waals surface area contributed by atoms with Crippen LogP contribution in [-0.2, 0) is 9.53 Å². The molecule has 4 aliphatic heterocycles. The van der Waals surface area contributed by atoms with E-state index >= 15 is 0 Å². The maximum absolute atomic E-state index is 14.0. The Morgan fingerprint density at radius 2 is 2.17 bits per heavy atom. The van der Waals surface area contributed by atoms with Gasteiger partial charge in [0, 0.05) is 44.5 Å². The first-order valence-electron chi connectivity index (χ1n) is 13.8. The zero-order valence-corrected chi connectivity index (χ0v) is 21.8. The van der Waals surface area contributed by atoms with E-state index in [-0.39, 0.29) is 29.4 Å². The summed E-state index contributed by atoms with van der Waals surface area (Å²) in [5, 5.41) is 16.2. The number of ether oxygens (including phenoxy) is 1. The minimum atomic E-state index is -0.773. The van der Waals surface area contributed by atoms with E-state index in [0.717, 1.165) is 90.0 Å². The highest BCUT2D eigenvalue weighted by Gasteiger charge is 2.44. The first-order valence-corrected chi connectivity index (χ1v) is 13.8. The number of allylic oxidation sites excluding steroid dienone is 3. The van der Waals surface area contributed by atoms with Gasteiger partial charge in [0.1, 0.15) is 0 Å². The molecule has 0 aromatic heterocycles. The number of nitriles is 1. The van der Waals surface area contributed by atoms with Crippen LogP contribution in [0.3, 0.4) is 0 Å². The van der Waals surface area contributed by atoms with Crippen molar-refractivity contribution in [3.05, 3.63) is 23.9 Å². The third-order valence-corrected chi connectivity index (χ3v) is 8.86. The van der Waals surface area contributed by atoms with Crippen LogP contribution in [0.15, 0.2) is 23.9 Å². The number of hydrogen-bond acceptors (Lipinski definition) is 8. The van der Waals surface area contributed by atoms with Gasteiger partial charge in [-0.05, 0) is 49.6 Å². The molecular weight excluding hydrogens is 454 g/mol. The fraction of sp³-hybridized carbons (Fsp3) is 0.778. The normalized spacial score (nSPS) is 32.6. The summed E-state index contributed by atoms with van der Waals surface area (Å²) in [6.07, 6.45) is 12.0. The maximum Gasteiger partial charge on any atom is 0.228 e. The quantitative estimate of drug-likeness (QED) is 0.382. The van der Waals surface area contributed by atoms with Gasteiger partial charge in [-0.2, -0.15) is 5.26 Å². The molecule has 200 valence electrons. The molecule has 36 heavy (non-hydrogen) atoms. The van der Waals surface area contributed by atoms with E-state index in [1.165, 1.54) is 0 Å². The van der Waals surface area contributed by atoms with E-state index in [1.807, 2.05) is 0 Å². The van der Waals surface area contributed by atoms with Crippen molar-refractivity contribution in [2.75, 3.05) is 45.9 Å². The third kappa shape index (κ3) is 6.29. The molecule has 5 unspecified atom stereocenters. The average Bonchev–Trinajstić information content (AvgIpc) is 3.00. The number of piperidine rings is 1. The summed E-state index contributed by atoms with van der Waals surface area (Å²) in [6, 6.07) is 2.46. The Labute approximate surface area is 216 Å². The summed E-state index contributed by atoms with van der Waals surface area (Å²) >= 11 is 0. The van der Waals surface area contributed by atoms with Gasteiger partial charge in [0.2, 0.25) is 5.91 Å². The van der Waals surface area contributed by atoms with Crippen LogP contribution in [0.4, 0.5) is 0 Å². The summed E-state index contributed by atoms with van der Waals surface area (Å²) in [5.41, 5.74) is 13.9. The van der Waals surface area contributed by atoms with E-state index in [2.05, 4.69) is 51.8 Å². The first-order chi connectivity index (χ1) is 17.5. The lowest BCUT2D eigenvalue weighted by molar-refractivity contribution is -0.129. The van der Waals surface area contributed by atoms with Gasteiger partial charge in [-0.25, -0.2) is 0 Å². The van der Waals surface area contributed by atoms with E-state index in [4.69, 9.17) is 16.2 Å². The van der Waals surface area contributed by atoms with Crippen molar-refractivity contribution in [2.24, 2.45) is 22.8 Å². The highest BCUT2D eigenvalue weighted by atomic mass is 16.5. The lowest BCUT2D eigenvalue weighted by Gasteiger charge is -2.44. The Morgan fingerprint density at radius 1 is 1.36 bits per heavy atom. The lowest BCUT2D eigenvalue weighted by Crippen LogP contribution is -2.64. The molecule has 1 amide bonds. The van der Waals surface area contributed by atoms with Gasteiger partial charge in [-0.15, -0.1) is 0 Å². The molecule has 6 N–H and O–H groups in total. The number of nitrogens with two attached hydrogens (primary N) is 2. The van der Waals surface area contributed by atoms with E-state index in [0.29, 0.717) is 6.42 Å². The minimum Gasteiger partial charge on any atom is -0.379 e. The molecule has 9 nitrogen and oxygen atoms in total. The summed E-state index contributed by atoms with van der Waals surface area (Å²) in [6.45, 7) is 8.04. The maximum atomic E-state index is 14.0. The summed E-state index contributed by atoms with van der Waals surface area (Å²) < 4.78 is 5.56. The van der Waals surface area contributed by atoms with Gasteiger partial charge >= 0.3 is 0 Å². The molecule has 0 aromatic carbocycles. The Kier molecular flexibility index (Phi) is 9.42. The van der Waals surface area contributed by atoms with Gasteiger partial charge in [0.15, 0.2) is 0 Å². The van der Waals surface area contributed by atoms with Crippen LogP contribution < -0.4 is 22.1 Å². The van der Waals surface area contributed by atoms with Crippen LogP contribution in [0.1, 0.15) is 51.9 Å². The molecule has 0 radical (unpaired) electrons. The van der Waals surface area contributed by atoms with Crippen molar-refractivity contribution in [1.29, 1.82) is 5.26 Å². The van der Waals surface area contributed by atoms with Crippen LogP contribution in [0.5, 0.6) is 0 Å². The fourth-order valence-corrected chi connectivity index (χ4v) is 6.75. The first kappa shape index (κ1) is 27.1. The van der Waals surface area contributed by atoms with E-state index < -0.39 is 12.1 Å². The van der Waals surface area contributed by atoms with Crippen molar-refractivity contribution in [3.8, 4) is 6.07 Å². The second-order valence-electron chi connectivity index (χ2n) is 11.0. The van der Waals surface area contributed by atoms with E-state index in [9.17, 15) is 10.1 Å². The number of nitrogens with one attached hydrogen (secondary N) is 2. The van der Waals surface area contributed by atoms with Gasteiger partial charge in [-0.3, -0.25) is 9.69 Å². The molecule has 4 aliphatic rings. The Hall–Kier alpha value is -1.96. The molecule has 0 aromatic rings. The summed E-state index contributed by atoms with van der Waals surface area (Å²) in [5.74, 6) is -0.597. The smallest absolute Gasteiger partial charge is 0.228 e. The monoisotopic (exact) mass is 499 g/mol. The van der Waals surface area contributed by atoms with Crippen LogP contribution in [0.25, 0.3) is 0 Å². The number of amides is 1. The number of carbonyl (C=O) groups is 1. The molecule has 0 saturated carbocycles. The highest BCUT2D eigenvalue weighted by molar-refractivity contribution is 5.80. The number of nitrogens with zero attached hydrogens (tertiary/aromatic N) is 3. The van der Waals surface area contributed by atoms with Gasteiger partial charge < -0.3 is 31.7 Å². The highest BCUT2D eigenvalue weighted by Crippen LogP contribution is 2.44. The Morgan fingerprint density at radius 3 is 2.89 bits per heavy atom. The standard InChI is InChI=1S/C27H45N7O2/c1-2-27-8-3-5-20(6-10-28)19-34(12-4-9-27)23(17-27)24(25(29)30)26(35)32-21-18-31-11-7-22(21)33-13-15-36-16-14-33/h3,5,19,21-25,31H,2,4,6-9,11-18,29-30H2,1H3,(H,32,35). The zero-order valence-electron chi connectivity index (χ0n) is 21.8. The molecule has 2 bridgehead atoms. The summed E-state index contributed by atoms with van der Waals surface area (Å²) in [7, 11) is 0. The predicted octanol–water partition coefficient (Wildman–Crippen LogP) is 1.03. The van der Waals surface area contributed by atoms with Crippen LogP contribution in [0, 0.1) is 22.7 Å². The van der Waals surface area contributed by atoms with E-state index in [1.54, 1.807) is 0 Å². The topological polar surface area (TPSA) is 133 Å².